The highest BCUT2D eigenvalue weighted by atomic mass is 32.1. The molecule has 0 aliphatic rings. The quantitative estimate of drug-likeness (QED) is 0.412. The van der Waals surface area contributed by atoms with Crippen molar-refractivity contribution >= 4 is 29.2 Å². The second-order valence-electron chi connectivity index (χ2n) is 2.10. The number of thiol groups is 1. The van der Waals surface area contributed by atoms with Crippen LogP contribution in [0.15, 0.2) is 0 Å². The Hall–Kier alpha value is 0.200. The van der Waals surface area contributed by atoms with Gasteiger partial charge in [-0.1, -0.05) is 12.2 Å². The molecule has 0 amide bonds. The molecule has 0 saturated carbocycles. The molecule has 2 unspecified atom stereocenters. The van der Waals surface area contributed by atoms with Gasteiger partial charge in [0.15, 0.2) is 0 Å². The average molecular weight is 164 g/mol. The van der Waals surface area contributed by atoms with Crippen LogP contribution < -0.4 is 11.1 Å². The van der Waals surface area contributed by atoms with Crippen LogP contribution in [0, 0.1) is 0 Å². The fourth-order valence-electron chi connectivity index (χ4n) is 0.326. The summed E-state index contributed by atoms with van der Waals surface area (Å²) in [7, 11) is 0. The predicted octanol–water partition coefficient (Wildman–Crippen LogP) is 0.526. The first-order valence-electron chi connectivity index (χ1n) is 2.79. The molecule has 54 valence electrons. The maximum absolute atomic E-state index is 5.53. The molecule has 0 heterocycles. The summed E-state index contributed by atoms with van der Waals surface area (Å²) in [6, 6.07) is 0.310. The van der Waals surface area contributed by atoms with Gasteiger partial charge in [-0.2, -0.15) is 0 Å². The molecule has 0 bridgehead atoms. The number of nitrogens with one attached hydrogen (secondary N) is 1. The molecule has 0 radical (unpaired) electrons. The Bertz CT molecular complexity index is 103. The number of hydrogen-bond acceptors (Lipinski definition) is 2. The van der Waals surface area contributed by atoms with Crippen molar-refractivity contribution in [2.24, 2.45) is 5.73 Å². The van der Waals surface area contributed by atoms with Gasteiger partial charge in [-0.3, -0.25) is 0 Å². The van der Waals surface area contributed by atoms with Crippen molar-refractivity contribution in [3.63, 3.8) is 0 Å². The van der Waals surface area contributed by atoms with Crippen LogP contribution in [0.2, 0.25) is 0 Å². The van der Waals surface area contributed by atoms with Gasteiger partial charge in [0.1, 0.15) is 4.32 Å². The van der Waals surface area contributed by atoms with Gasteiger partial charge in [-0.25, -0.2) is 0 Å². The second-order valence-corrected chi connectivity index (χ2v) is 3.26. The molecule has 9 heavy (non-hydrogen) atoms. The Morgan fingerprint density at radius 2 is 2.11 bits per heavy atom. The molecule has 0 aliphatic carbocycles. The van der Waals surface area contributed by atoms with Gasteiger partial charge in [0.05, 0.1) is 0 Å². The molecule has 0 aromatic heterocycles. The largest absolute Gasteiger partial charge is 0.367 e. The summed E-state index contributed by atoms with van der Waals surface area (Å²) >= 11 is 8.59. The number of nitrogens with two attached hydrogens (primary N) is 1. The van der Waals surface area contributed by atoms with Crippen molar-refractivity contribution in [1.82, 2.24) is 5.32 Å². The second kappa shape index (κ2) is 4.09. The minimum atomic E-state index is 0.107. The molecular weight excluding hydrogens is 152 g/mol. The highest BCUT2D eigenvalue weighted by molar-refractivity contribution is 8.11. The Morgan fingerprint density at radius 1 is 1.67 bits per heavy atom. The highest BCUT2D eigenvalue weighted by Crippen LogP contribution is 1.89. The molecule has 4 heteroatoms. The van der Waals surface area contributed by atoms with Crippen LogP contribution in [0.3, 0.4) is 0 Å². The lowest BCUT2D eigenvalue weighted by Crippen LogP contribution is -2.41. The van der Waals surface area contributed by atoms with Crippen LogP contribution in [0.5, 0.6) is 0 Å². The van der Waals surface area contributed by atoms with E-state index in [1.54, 1.807) is 0 Å². The van der Waals surface area contributed by atoms with Crippen LogP contribution in [0.1, 0.15) is 13.8 Å². The summed E-state index contributed by atoms with van der Waals surface area (Å²) < 4.78 is 0.500. The van der Waals surface area contributed by atoms with E-state index >= 15 is 0 Å². The van der Waals surface area contributed by atoms with Gasteiger partial charge < -0.3 is 11.1 Å². The predicted molar refractivity (Wildman–Crippen MR) is 47.8 cm³/mol. The highest BCUT2D eigenvalue weighted by Gasteiger charge is 2.05. The van der Waals surface area contributed by atoms with Crippen LogP contribution >= 0.6 is 24.8 Å². The Labute approximate surface area is 66.6 Å². The zero-order valence-electron chi connectivity index (χ0n) is 5.59. The first-order chi connectivity index (χ1) is 4.04. The van der Waals surface area contributed by atoms with Crippen LogP contribution in [0.25, 0.3) is 0 Å². The fraction of sp³-hybridized carbons (Fsp3) is 0.800. The van der Waals surface area contributed by atoms with E-state index in [1.807, 2.05) is 13.8 Å². The monoisotopic (exact) mass is 164 g/mol. The molecule has 0 fully saturated rings. The first kappa shape index (κ1) is 9.20. The molecule has 0 aromatic carbocycles. The topological polar surface area (TPSA) is 38.0 Å². The van der Waals surface area contributed by atoms with E-state index < -0.39 is 0 Å². The maximum atomic E-state index is 5.53. The third-order valence-corrected chi connectivity index (χ3v) is 1.39. The normalized spacial score (nSPS) is 16.4. The molecule has 3 N–H and O–H groups in total. The molecular formula is C5H12N2S2. The van der Waals surface area contributed by atoms with Crippen LogP contribution in [-0.4, -0.2) is 16.4 Å². The lowest BCUT2D eigenvalue weighted by molar-refractivity contribution is 0.559. The molecule has 0 saturated heterocycles. The zero-order chi connectivity index (χ0) is 7.44. The summed E-state index contributed by atoms with van der Waals surface area (Å²) in [5.74, 6) is 0. The van der Waals surface area contributed by atoms with Crippen molar-refractivity contribution < 1.29 is 0 Å². The summed E-state index contributed by atoms with van der Waals surface area (Å²) in [4.78, 5) is 0. The van der Waals surface area contributed by atoms with Crippen molar-refractivity contribution in [1.29, 1.82) is 0 Å². The van der Waals surface area contributed by atoms with Crippen molar-refractivity contribution in [2.45, 2.75) is 25.9 Å². The van der Waals surface area contributed by atoms with E-state index in [2.05, 4.69) is 30.2 Å². The summed E-state index contributed by atoms with van der Waals surface area (Å²) in [6.45, 7) is 3.89. The van der Waals surface area contributed by atoms with E-state index in [4.69, 9.17) is 5.73 Å². The van der Waals surface area contributed by atoms with E-state index in [0.29, 0.717) is 4.32 Å². The average Bonchev–Trinajstić information content (AvgIpc) is 1.63. The van der Waals surface area contributed by atoms with E-state index in [-0.39, 0.29) is 12.1 Å². The molecule has 0 rings (SSSR count). The lowest BCUT2D eigenvalue weighted by atomic mass is 10.2. The van der Waals surface area contributed by atoms with Gasteiger partial charge in [0.25, 0.3) is 0 Å². The standard InChI is InChI=1S/C5H12N2S2/c1-3(6)4(2)7-5(8)9/h3-4H,6H2,1-2H3,(H2,7,8,9). The van der Waals surface area contributed by atoms with Crippen molar-refractivity contribution in [2.75, 3.05) is 0 Å². The van der Waals surface area contributed by atoms with E-state index in [1.165, 1.54) is 0 Å². The fourth-order valence-corrected chi connectivity index (χ4v) is 0.716. The molecule has 0 aromatic rings. The van der Waals surface area contributed by atoms with Crippen molar-refractivity contribution in [3.8, 4) is 0 Å². The van der Waals surface area contributed by atoms with E-state index in [9.17, 15) is 0 Å². The van der Waals surface area contributed by atoms with Gasteiger partial charge in [-0.05, 0) is 13.8 Å². The first-order valence-corrected chi connectivity index (χ1v) is 3.64. The summed E-state index contributed by atoms with van der Waals surface area (Å²) in [5.41, 5.74) is 5.53. The minimum absolute atomic E-state index is 0.107. The Balaban J connectivity index is 3.50. The van der Waals surface area contributed by atoms with Gasteiger partial charge in [0.2, 0.25) is 0 Å². The number of rotatable bonds is 2. The summed E-state index contributed by atoms with van der Waals surface area (Å²) in [5, 5.41) is 2.91. The molecule has 2 atom stereocenters. The molecule has 2 nitrogen and oxygen atoms in total. The maximum Gasteiger partial charge on any atom is 0.130 e. The minimum Gasteiger partial charge on any atom is -0.367 e. The van der Waals surface area contributed by atoms with Gasteiger partial charge in [-0.15, -0.1) is 12.6 Å². The SMILES string of the molecule is CC(N)C(C)NC(=S)S. The van der Waals surface area contributed by atoms with Crippen LogP contribution in [0.4, 0.5) is 0 Å². The third kappa shape index (κ3) is 4.69. The zero-order valence-corrected chi connectivity index (χ0v) is 7.30. The van der Waals surface area contributed by atoms with Gasteiger partial charge >= 0.3 is 0 Å². The Kier molecular flexibility index (Phi) is 4.18. The third-order valence-electron chi connectivity index (χ3n) is 1.14. The molecule has 0 spiro atoms. The summed E-state index contributed by atoms with van der Waals surface area (Å²) in [6.07, 6.45) is 0. The van der Waals surface area contributed by atoms with E-state index in [0.717, 1.165) is 0 Å². The number of hydrogen-bond donors (Lipinski definition) is 3. The molecule has 0 aliphatic heterocycles. The van der Waals surface area contributed by atoms with Crippen molar-refractivity contribution in [3.05, 3.63) is 0 Å². The Morgan fingerprint density at radius 3 is 2.22 bits per heavy atom. The van der Waals surface area contributed by atoms with Gasteiger partial charge in [0, 0.05) is 12.1 Å². The van der Waals surface area contributed by atoms with Crippen LogP contribution in [-0.2, 0) is 0 Å². The number of thiocarbonyl (C=S) groups is 1. The smallest absolute Gasteiger partial charge is 0.130 e. The lowest BCUT2D eigenvalue weighted by Gasteiger charge is -2.16.